The second-order valence-electron chi connectivity index (χ2n) is 6.38. The van der Waals surface area contributed by atoms with Crippen molar-refractivity contribution in [3.63, 3.8) is 0 Å². The molecule has 0 bridgehead atoms. The van der Waals surface area contributed by atoms with E-state index in [1.807, 2.05) is 50.9 Å². The van der Waals surface area contributed by atoms with Gasteiger partial charge in [0.25, 0.3) is 0 Å². The standard InChI is InChI=1S/C19H24N4O2/c1-16(24)23-13-12-22(14-18(23)17-6-3-2-4-7-17)19(25)8-5-10-21-11-9-20-15-21/h2-4,6-7,9,11,15,18H,5,8,10,12-14H2,1H3/t18-/m0/s1. The lowest BCUT2D eigenvalue weighted by Gasteiger charge is -2.41. The molecule has 1 aromatic carbocycles. The van der Waals surface area contributed by atoms with E-state index in [1.54, 1.807) is 19.4 Å². The Kier molecular flexibility index (Phi) is 5.48. The van der Waals surface area contributed by atoms with Crippen LogP contribution in [-0.4, -0.2) is 50.8 Å². The normalized spacial score (nSPS) is 17.6. The van der Waals surface area contributed by atoms with E-state index >= 15 is 0 Å². The van der Waals surface area contributed by atoms with E-state index in [4.69, 9.17) is 0 Å². The van der Waals surface area contributed by atoms with Crippen molar-refractivity contribution in [3.05, 3.63) is 54.6 Å². The largest absolute Gasteiger partial charge is 0.339 e. The first-order valence-corrected chi connectivity index (χ1v) is 8.71. The summed E-state index contributed by atoms with van der Waals surface area (Å²) in [4.78, 5) is 32.3. The lowest BCUT2D eigenvalue weighted by molar-refractivity contribution is -0.142. The summed E-state index contributed by atoms with van der Waals surface area (Å²) in [6.45, 7) is 4.14. The van der Waals surface area contributed by atoms with E-state index in [1.165, 1.54) is 0 Å². The number of piperazine rings is 1. The minimum Gasteiger partial charge on any atom is -0.339 e. The second kappa shape index (κ2) is 7.96. The van der Waals surface area contributed by atoms with E-state index in [9.17, 15) is 9.59 Å². The Labute approximate surface area is 148 Å². The fraction of sp³-hybridized carbons (Fsp3) is 0.421. The molecule has 1 saturated heterocycles. The molecular formula is C19H24N4O2. The number of amides is 2. The summed E-state index contributed by atoms with van der Waals surface area (Å²) >= 11 is 0. The number of carbonyl (C=O) groups is 2. The van der Waals surface area contributed by atoms with Gasteiger partial charge in [0.15, 0.2) is 0 Å². The number of aromatic nitrogens is 2. The molecule has 1 atom stereocenters. The summed E-state index contributed by atoms with van der Waals surface area (Å²) in [5, 5.41) is 0. The van der Waals surface area contributed by atoms with Crippen LogP contribution in [0.15, 0.2) is 49.1 Å². The topological polar surface area (TPSA) is 58.4 Å². The van der Waals surface area contributed by atoms with Gasteiger partial charge in [0, 0.05) is 51.9 Å². The van der Waals surface area contributed by atoms with Crippen LogP contribution >= 0.6 is 0 Å². The molecule has 2 aromatic rings. The molecule has 25 heavy (non-hydrogen) atoms. The van der Waals surface area contributed by atoms with Crippen LogP contribution in [0, 0.1) is 0 Å². The van der Waals surface area contributed by atoms with Gasteiger partial charge in [-0.15, -0.1) is 0 Å². The molecule has 1 aromatic heterocycles. The van der Waals surface area contributed by atoms with Gasteiger partial charge < -0.3 is 14.4 Å². The maximum absolute atomic E-state index is 12.6. The van der Waals surface area contributed by atoms with Crippen LogP contribution in [0.2, 0.25) is 0 Å². The highest BCUT2D eigenvalue weighted by molar-refractivity contribution is 5.78. The molecule has 6 heteroatoms. The third kappa shape index (κ3) is 4.26. The summed E-state index contributed by atoms with van der Waals surface area (Å²) in [7, 11) is 0. The van der Waals surface area contributed by atoms with Crippen molar-refractivity contribution >= 4 is 11.8 Å². The van der Waals surface area contributed by atoms with E-state index in [2.05, 4.69) is 4.98 Å². The quantitative estimate of drug-likeness (QED) is 0.837. The first kappa shape index (κ1) is 17.2. The highest BCUT2D eigenvalue weighted by Gasteiger charge is 2.31. The number of benzene rings is 1. The van der Waals surface area contributed by atoms with Crippen molar-refractivity contribution in [1.29, 1.82) is 0 Å². The van der Waals surface area contributed by atoms with Crippen molar-refractivity contribution in [1.82, 2.24) is 19.4 Å². The molecule has 1 aliphatic heterocycles. The number of carbonyl (C=O) groups excluding carboxylic acids is 2. The maximum atomic E-state index is 12.6. The number of rotatable bonds is 5. The summed E-state index contributed by atoms with van der Waals surface area (Å²) in [5.41, 5.74) is 1.08. The number of hydrogen-bond donors (Lipinski definition) is 0. The van der Waals surface area contributed by atoms with Crippen LogP contribution in [-0.2, 0) is 16.1 Å². The van der Waals surface area contributed by atoms with Gasteiger partial charge in [0.1, 0.15) is 0 Å². The predicted octanol–water partition coefficient (Wildman–Crippen LogP) is 2.10. The van der Waals surface area contributed by atoms with Gasteiger partial charge in [-0.05, 0) is 12.0 Å². The second-order valence-corrected chi connectivity index (χ2v) is 6.38. The van der Waals surface area contributed by atoms with Crippen LogP contribution in [0.3, 0.4) is 0 Å². The van der Waals surface area contributed by atoms with Gasteiger partial charge in [0.2, 0.25) is 11.8 Å². The van der Waals surface area contributed by atoms with Crippen LogP contribution in [0.25, 0.3) is 0 Å². The van der Waals surface area contributed by atoms with Crippen molar-refractivity contribution in [3.8, 4) is 0 Å². The average molecular weight is 340 g/mol. The molecule has 6 nitrogen and oxygen atoms in total. The van der Waals surface area contributed by atoms with Crippen LogP contribution in [0.5, 0.6) is 0 Å². The van der Waals surface area contributed by atoms with Crippen molar-refractivity contribution in [2.45, 2.75) is 32.4 Å². The predicted molar refractivity (Wildman–Crippen MR) is 94.6 cm³/mol. The van der Waals surface area contributed by atoms with Gasteiger partial charge in [-0.3, -0.25) is 9.59 Å². The Morgan fingerprint density at radius 1 is 1.20 bits per heavy atom. The molecule has 0 N–H and O–H groups in total. The Bertz CT molecular complexity index is 699. The number of aryl methyl sites for hydroxylation is 1. The Balaban J connectivity index is 1.61. The lowest BCUT2D eigenvalue weighted by Crippen LogP contribution is -2.51. The summed E-state index contributed by atoms with van der Waals surface area (Å²) in [6.07, 6.45) is 6.72. The highest BCUT2D eigenvalue weighted by atomic mass is 16.2. The number of nitrogens with zero attached hydrogens (tertiary/aromatic N) is 4. The Morgan fingerprint density at radius 2 is 2.00 bits per heavy atom. The Morgan fingerprint density at radius 3 is 2.68 bits per heavy atom. The highest BCUT2D eigenvalue weighted by Crippen LogP contribution is 2.26. The van der Waals surface area contributed by atoms with Crippen LogP contribution < -0.4 is 0 Å². The van der Waals surface area contributed by atoms with E-state index in [0.29, 0.717) is 26.1 Å². The first-order valence-electron chi connectivity index (χ1n) is 8.71. The zero-order chi connectivity index (χ0) is 17.6. The van der Waals surface area contributed by atoms with E-state index in [0.717, 1.165) is 18.5 Å². The van der Waals surface area contributed by atoms with Gasteiger partial charge in [-0.2, -0.15) is 0 Å². The number of imidazole rings is 1. The van der Waals surface area contributed by atoms with Crippen molar-refractivity contribution in [2.24, 2.45) is 0 Å². The van der Waals surface area contributed by atoms with Gasteiger partial charge in [-0.1, -0.05) is 30.3 Å². The summed E-state index contributed by atoms with van der Waals surface area (Å²) in [5.74, 6) is 0.213. The number of hydrogen-bond acceptors (Lipinski definition) is 3. The molecular weight excluding hydrogens is 316 g/mol. The van der Waals surface area contributed by atoms with Gasteiger partial charge in [-0.25, -0.2) is 4.98 Å². The molecule has 0 spiro atoms. The zero-order valence-corrected chi connectivity index (χ0v) is 14.5. The molecule has 3 rings (SSSR count). The third-order valence-corrected chi connectivity index (χ3v) is 4.69. The molecule has 132 valence electrons. The molecule has 0 aliphatic carbocycles. The van der Waals surface area contributed by atoms with E-state index in [-0.39, 0.29) is 17.9 Å². The molecule has 2 amide bonds. The molecule has 2 heterocycles. The SMILES string of the molecule is CC(=O)N1CCN(C(=O)CCCn2ccnc2)C[C@H]1c1ccccc1. The molecule has 1 fully saturated rings. The molecule has 1 aliphatic rings. The van der Waals surface area contributed by atoms with Crippen LogP contribution in [0.1, 0.15) is 31.4 Å². The maximum Gasteiger partial charge on any atom is 0.222 e. The third-order valence-electron chi connectivity index (χ3n) is 4.69. The molecule has 0 unspecified atom stereocenters. The van der Waals surface area contributed by atoms with Crippen molar-refractivity contribution in [2.75, 3.05) is 19.6 Å². The van der Waals surface area contributed by atoms with Crippen LogP contribution in [0.4, 0.5) is 0 Å². The molecule has 0 radical (unpaired) electrons. The minimum absolute atomic E-state index is 0.0565. The smallest absolute Gasteiger partial charge is 0.222 e. The summed E-state index contributed by atoms with van der Waals surface area (Å²) in [6, 6.07) is 9.88. The fourth-order valence-corrected chi connectivity index (χ4v) is 3.34. The van der Waals surface area contributed by atoms with E-state index < -0.39 is 0 Å². The lowest BCUT2D eigenvalue weighted by atomic mass is 10.0. The van der Waals surface area contributed by atoms with Gasteiger partial charge in [0.05, 0.1) is 12.4 Å². The molecule has 0 saturated carbocycles. The minimum atomic E-state index is -0.0648. The monoisotopic (exact) mass is 340 g/mol. The Hall–Kier alpha value is -2.63. The summed E-state index contributed by atoms with van der Waals surface area (Å²) < 4.78 is 1.98. The van der Waals surface area contributed by atoms with Crippen molar-refractivity contribution < 1.29 is 9.59 Å². The fourth-order valence-electron chi connectivity index (χ4n) is 3.34. The zero-order valence-electron chi connectivity index (χ0n) is 14.5. The first-order chi connectivity index (χ1) is 12.1. The average Bonchev–Trinajstić information content (AvgIpc) is 3.15. The van der Waals surface area contributed by atoms with Gasteiger partial charge >= 0.3 is 0 Å².